The summed E-state index contributed by atoms with van der Waals surface area (Å²) >= 11 is 0. The Balaban J connectivity index is 1.77. The van der Waals surface area contributed by atoms with Crippen molar-refractivity contribution in [2.75, 3.05) is 26.4 Å². The van der Waals surface area contributed by atoms with E-state index in [0.29, 0.717) is 5.92 Å². The Morgan fingerprint density at radius 1 is 1.03 bits per heavy atom. The Hall–Kier alpha value is -3.28. The summed E-state index contributed by atoms with van der Waals surface area (Å²) in [5.74, 6) is 1.24. The minimum Gasteiger partial charge on any atom is -0.489 e. The van der Waals surface area contributed by atoms with Gasteiger partial charge < -0.3 is 18.9 Å². The van der Waals surface area contributed by atoms with E-state index in [-0.39, 0.29) is 31.8 Å². The first-order valence-corrected chi connectivity index (χ1v) is 11.9. The van der Waals surface area contributed by atoms with Crippen LogP contribution in [0, 0.1) is 0 Å². The van der Waals surface area contributed by atoms with Gasteiger partial charge in [0, 0.05) is 34.1 Å². The average molecular weight is 465 g/mol. The molecule has 4 rings (SSSR count). The normalized spacial score (nSPS) is 20.0. The third-order valence-corrected chi connectivity index (χ3v) is 6.98. The first-order chi connectivity index (χ1) is 16.4. The van der Waals surface area contributed by atoms with E-state index in [4.69, 9.17) is 18.9 Å². The molecule has 1 fully saturated rings. The van der Waals surface area contributed by atoms with E-state index in [1.165, 1.54) is 16.7 Å². The summed E-state index contributed by atoms with van der Waals surface area (Å²) in [7, 11) is 0. The van der Waals surface area contributed by atoms with Gasteiger partial charge in [-0.15, -0.1) is 0 Å². The van der Waals surface area contributed by atoms with Gasteiger partial charge in [0.15, 0.2) is 0 Å². The summed E-state index contributed by atoms with van der Waals surface area (Å²) in [6.07, 6.45) is 6.42. The van der Waals surface area contributed by atoms with Gasteiger partial charge >= 0.3 is 11.9 Å². The smallest absolute Gasteiger partial charge is 0.330 e. The van der Waals surface area contributed by atoms with Crippen LogP contribution in [0.4, 0.5) is 0 Å². The van der Waals surface area contributed by atoms with E-state index in [9.17, 15) is 9.59 Å². The van der Waals surface area contributed by atoms with Crippen LogP contribution in [-0.2, 0) is 30.9 Å². The van der Waals surface area contributed by atoms with Gasteiger partial charge in [0.1, 0.15) is 37.9 Å². The lowest BCUT2D eigenvalue weighted by Gasteiger charge is -2.30. The molecule has 0 aromatic heterocycles. The van der Waals surface area contributed by atoms with Crippen molar-refractivity contribution in [2.45, 2.75) is 50.9 Å². The highest BCUT2D eigenvalue weighted by Gasteiger charge is 2.50. The van der Waals surface area contributed by atoms with Crippen LogP contribution in [0.5, 0.6) is 11.5 Å². The zero-order chi connectivity index (χ0) is 24.3. The van der Waals surface area contributed by atoms with Crippen molar-refractivity contribution < 1.29 is 28.5 Å². The molecule has 6 heteroatoms. The number of hydrogen-bond acceptors (Lipinski definition) is 6. The Morgan fingerprint density at radius 3 is 2.29 bits per heavy atom. The number of benzene rings is 2. The molecule has 0 saturated heterocycles. The van der Waals surface area contributed by atoms with Crippen LogP contribution in [0.25, 0.3) is 10.8 Å². The molecular weight excluding hydrogens is 432 g/mol. The number of rotatable bonds is 11. The van der Waals surface area contributed by atoms with Gasteiger partial charge in [0.25, 0.3) is 0 Å². The number of hydrogen-bond donors (Lipinski definition) is 0. The molecule has 2 aromatic rings. The lowest BCUT2D eigenvalue weighted by Crippen LogP contribution is -2.20. The van der Waals surface area contributed by atoms with Gasteiger partial charge in [-0.05, 0) is 42.6 Å². The second-order valence-electron chi connectivity index (χ2n) is 9.08. The predicted octanol–water partition coefficient (Wildman–Crippen LogP) is 5.16. The van der Waals surface area contributed by atoms with Crippen molar-refractivity contribution >= 4 is 22.7 Å². The average Bonchev–Trinajstić information content (AvgIpc) is 3.38. The molecule has 0 radical (unpaired) electrons. The maximum absolute atomic E-state index is 11.5. The molecule has 0 heterocycles. The SMILES string of the molecule is C=CC(=O)OCCOc1c2c(c(OCCOC(=O)C=C)c3c(CC)cccc13)C1CCC2(C)C1. The fourth-order valence-electron chi connectivity index (χ4n) is 5.55. The summed E-state index contributed by atoms with van der Waals surface area (Å²) in [6, 6.07) is 6.23. The molecule has 0 spiro atoms. The first-order valence-electron chi connectivity index (χ1n) is 11.9. The van der Waals surface area contributed by atoms with E-state index in [2.05, 4.69) is 39.1 Å². The molecule has 6 nitrogen and oxygen atoms in total. The molecule has 0 N–H and O–H groups in total. The van der Waals surface area contributed by atoms with Gasteiger partial charge in [-0.3, -0.25) is 0 Å². The number of ether oxygens (including phenoxy) is 4. The zero-order valence-electron chi connectivity index (χ0n) is 20.0. The van der Waals surface area contributed by atoms with Gasteiger partial charge in [-0.2, -0.15) is 0 Å². The van der Waals surface area contributed by atoms with Crippen LogP contribution in [0.3, 0.4) is 0 Å². The minimum absolute atomic E-state index is 0.0109. The van der Waals surface area contributed by atoms with Crippen molar-refractivity contribution in [1.82, 2.24) is 0 Å². The molecule has 2 atom stereocenters. The summed E-state index contributed by atoms with van der Waals surface area (Å²) in [6.45, 7) is 12.1. The van der Waals surface area contributed by atoms with E-state index in [0.717, 1.165) is 60.1 Å². The number of fused-ring (bicyclic) bond motifs is 6. The quantitative estimate of drug-likeness (QED) is 0.260. The largest absolute Gasteiger partial charge is 0.489 e. The molecule has 2 aliphatic rings. The Bertz CT molecular complexity index is 1130. The van der Waals surface area contributed by atoms with Crippen molar-refractivity contribution in [3.05, 3.63) is 60.2 Å². The standard InChI is InChI=1S/C28H32O6/c1-5-18-9-8-10-20-23(18)27(34-16-14-32-22(30)7-3)24-19-11-12-28(4,17-19)25(24)26(20)33-15-13-31-21(29)6-2/h6-10,19H,2-3,5,11-17H2,1,4H3. The molecule has 2 aromatic carbocycles. The highest BCUT2D eigenvalue weighted by molar-refractivity contribution is 5.99. The van der Waals surface area contributed by atoms with E-state index in [1.807, 2.05) is 6.07 Å². The van der Waals surface area contributed by atoms with Crippen LogP contribution in [0.1, 0.15) is 55.7 Å². The van der Waals surface area contributed by atoms with Crippen molar-refractivity contribution in [3.8, 4) is 11.5 Å². The summed E-state index contributed by atoms with van der Waals surface area (Å²) < 4.78 is 23.0. The number of carbonyl (C=O) groups is 2. The summed E-state index contributed by atoms with van der Waals surface area (Å²) in [5.41, 5.74) is 3.61. The van der Waals surface area contributed by atoms with Crippen LogP contribution in [-0.4, -0.2) is 38.4 Å². The van der Waals surface area contributed by atoms with Crippen LogP contribution >= 0.6 is 0 Å². The molecule has 2 unspecified atom stereocenters. The lowest BCUT2D eigenvalue weighted by atomic mass is 9.78. The summed E-state index contributed by atoms with van der Waals surface area (Å²) in [4.78, 5) is 22.9. The molecule has 34 heavy (non-hydrogen) atoms. The monoisotopic (exact) mass is 464 g/mol. The third kappa shape index (κ3) is 4.29. The second-order valence-corrected chi connectivity index (χ2v) is 9.08. The van der Waals surface area contributed by atoms with Crippen LogP contribution in [0.15, 0.2) is 43.5 Å². The third-order valence-electron chi connectivity index (χ3n) is 6.98. The van der Waals surface area contributed by atoms with Crippen molar-refractivity contribution in [2.24, 2.45) is 0 Å². The van der Waals surface area contributed by atoms with E-state index in [1.54, 1.807) is 0 Å². The highest BCUT2D eigenvalue weighted by atomic mass is 16.6. The van der Waals surface area contributed by atoms with Gasteiger partial charge in [0.05, 0.1) is 0 Å². The van der Waals surface area contributed by atoms with E-state index < -0.39 is 11.9 Å². The lowest BCUT2D eigenvalue weighted by molar-refractivity contribution is -0.139. The predicted molar refractivity (Wildman–Crippen MR) is 131 cm³/mol. The maximum atomic E-state index is 11.5. The molecule has 0 amide bonds. The Labute approximate surface area is 200 Å². The minimum atomic E-state index is -0.459. The highest BCUT2D eigenvalue weighted by Crippen LogP contribution is 2.64. The van der Waals surface area contributed by atoms with Gasteiger partial charge in [-0.25, -0.2) is 9.59 Å². The molecule has 180 valence electrons. The molecule has 1 saturated carbocycles. The zero-order valence-corrected chi connectivity index (χ0v) is 20.0. The number of esters is 2. The van der Waals surface area contributed by atoms with Gasteiger partial charge in [-0.1, -0.05) is 45.2 Å². The fraction of sp³-hybridized carbons (Fsp3) is 0.429. The molecule has 0 aliphatic heterocycles. The Kier molecular flexibility index (Phi) is 6.96. The van der Waals surface area contributed by atoms with Crippen molar-refractivity contribution in [1.29, 1.82) is 0 Å². The topological polar surface area (TPSA) is 71.1 Å². The number of carbonyl (C=O) groups excluding carboxylic acids is 2. The van der Waals surface area contributed by atoms with Crippen molar-refractivity contribution in [3.63, 3.8) is 0 Å². The first kappa shape index (κ1) is 23.9. The maximum Gasteiger partial charge on any atom is 0.330 e. The second kappa shape index (κ2) is 9.92. The van der Waals surface area contributed by atoms with E-state index >= 15 is 0 Å². The van der Waals surface area contributed by atoms with Crippen LogP contribution < -0.4 is 9.47 Å². The molecule has 2 bridgehead atoms. The molecule has 2 aliphatic carbocycles. The van der Waals surface area contributed by atoms with Crippen LogP contribution in [0.2, 0.25) is 0 Å². The van der Waals surface area contributed by atoms with Gasteiger partial charge in [0.2, 0.25) is 0 Å². The molecular formula is C28H32O6. The number of aryl methyl sites for hydroxylation is 1. The summed E-state index contributed by atoms with van der Waals surface area (Å²) in [5, 5.41) is 2.05. The fourth-order valence-corrected chi connectivity index (χ4v) is 5.55. The Morgan fingerprint density at radius 2 is 1.68 bits per heavy atom.